The standard InChI is InChI=1S/C13H18N4S/c1-5-8-6-10(14)17-11(15-8)9-7-18-12(16-9)13(2,3)4/h6-7H,5H2,1-4H3,(H2,14,15,17). The zero-order chi connectivity index (χ0) is 13.3. The first-order valence-electron chi connectivity index (χ1n) is 6.00. The molecule has 0 fully saturated rings. The molecule has 0 amide bonds. The van der Waals surface area contributed by atoms with Crippen molar-refractivity contribution in [2.45, 2.75) is 39.5 Å². The quantitative estimate of drug-likeness (QED) is 0.903. The van der Waals surface area contributed by atoms with Gasteiger partial charge in [-0.05, 0) is 6.42 Å². The van der Waals surface area contributed by atoms with Gasteiger partial charge in [0.25, 0.3) is 0 Å². The van der Waals surface area contributed by atoms with Crippen LogP contribution in [0.5, 0.6) is 0 Å². The van der Waals surface area contributed by atoms with Gasteiger partial charge in [0, 0.05) is 22.6 Å². The van der Waals surface area contributed by atoms with E-state index in [0.29, 0.717) is 11.6 Å². The van der Waals surface area contributed by atoms with Crippen LogP contribution in [0.1, 0.15) is 38.4 Å². The van der Waals surface area contributed by atoms with Gasteiger partial charge >= 0.3 is 0 Å². The molecule has 0 aromatic carbocycles. The summed E-state index contributed by atoms with van der Waals surface area (Å²) in [6.45, 7) is 8.49. The molecular weight excluding hydrogens is 244 g/mol. The van der Waals surface area contributed by atoms with E-state index in [4.69, 9.17) is 5.73 Å². The van der Waals surface area contributed by atoms with Crippen LogP contribution in [-0.2, 0) is 11.8 Å². The Balaban J connectivity index is 2.43. The van der Waals surface area contributed by atoms with Gasteiger partial charge in [0.05, 0.1) is 5.01 Å². The minimum absolute atomic E-state index is 0.0524. The highest BCUT2D eigenvalue weighted by Gasteiger charge is 2.19. The highest BCUT2D eigenvalue weighted by atomic mass is 32.1. The van der Waals surface area contributed by atoms with E-state index in [0.717, 1.165) is 22.8 Å². The average molecular weight is 262 g/mol. The van der Waals surface area contributed by atoms with Crippen LogP contribution in [0.3, 0.4) is 0 Å². The molecule has 0 atom stereocenters. The third-order valence-electron chi connectivity index (χ3n) is 2.54. The third-order valence-corrected chi connectivity index (χ3v) is 3.80. The van der Waals surface area contributed by atoms with Gasteiger partial charge in [-0.1, -0.05) is 27.7 Å². The van der Waals surface area contributed by atoms with Gasteiger partial charge in [-0.3, -0.25) is 0 Å². The average Bonchev–Trinajstić information content (AvgIpc) is 2.77. The van der Waals surface area contributed by atoms with Crippen molar-refractivity contribution in [1.82, 2.24) is 15.0 Å². The maximum absolute atomic E-state index is 5.79. The summed E-state index contributed by atoms with van der Waals surface area (Å²) in [7, 11) is 0. The second kappa shape index (κ2) is 4.65. The van der Waals surface area contributed by atoms with E-state index >= 15 is 0 Å². The fourth-order valence-corrected chi connectivity index (χ4v) is 2.42. The Morgan fingerprint density at radius 3 is 2.50 bits per heavy atom. The first kappa shape index (κ1) is 13.0. The summed E-state index contributed by atoms with van der Waals surface area (Å²) in [5, 5.41) is 3.08. The number of aromatic nitrogens is 3. The van der Waals surface area contributed by atoms with Crippen molar-refractivity contribution in [3.63, 3.8) is 0 Å². The molecule has 2 rings (SSSR count). The van der Waals surface area contributed by atoms with E-state index < -0.39 is 0 Å². The van der Waals surface area contributed by atoms with Crippen molar-refractivity contribution in [2.75, 3.05) is 5.73 Å². The number of aryl methyl sites for hydroxylation is 1. The molecule has 4 nitrogen and oxygen atoms in total. The summed E-state index contributed by atoms with van der Waals surface area (Å²) in [5.74, 6) is 1.13. The van der Waals surface area contributed by atoms with Gasteiger partial charge in [0.2, 0.25) is 0 Å². The lowest BCUT2D eigenvalue weighted by molar-refractivity contribution is 0.586. The number of nitrogen functional groups attached to an aromatic ring is 1. The predicted molar refractivity (Wildman–Crippen MR) is 75.6 cm³/mol. The molecule has 0 aliphatic rings. The van der Waals surface area contributed by atoms with Crippen LogP contribution < -0.4 is 5.73 Å². The number of rotatable bonds is 2. The van der Waals surface area contributed by atoms with Crippen molar-refractivity contribution in [3.8, 4) is 11.5 Å². The lowest BCUT2D eigenvalue weighted by Crippen LogP contribution is -2.10. The number of thiazole rings is 1. The van der Waals surface area contributed by atoms with Crippen LogP contribution in [0.15, 0.2) is 11.4 Å². The molecule has 0 aliphatic carbocycles. The second-order valence-electron chi connectivity index (χ2n) is 5.25. The van der Waals surface area contributed by atoms with Crippen LogP contribution in [0, 0.1) is 0 Å². The highest BCUT2D eigenvalue weighted by Crippen LogP contribution is 2.28. The first-order chi connectivity index (χ1) is 8.40. The molecule has 2 aromatic rings. The van der Waals surface area contributed by atoms with E-state index in [-0.39, 0.29) is 5.41 Å². The lowest BCUT2D eigenvalue weighted by Gasteiger charge is -2.13. The molecule has 0 unspecified atom stereocenters. The van der Waals surface area contributed by atoms with Crippen LogP contribution in [-0.4, -0.2) is 15.0 Å². The second-order valence-corrected chi connectivity index (χ2v) is 6.11. The Kier molecular flexibility index (Phi) is 3.34. The van der Waals surface area contributed by atoms with Crippen molar-refractivity contribution in [3.05, 3.63) is 22.1 Å². The minimum Gasteiger partial charge on any atom is -0.384 e. The summed E-state index contributed by atoms with van der Waals surface area (Å²) in [6.07, 6.45) is 0.843. The SMILES string of the molecule is CCc1cc(N)nc(-c2csc(C(C)(C)C)n2)n1. The van der Waals surface area contributed by atoms with E-state index in [1.54, 1.807) is 17.4 Å². The highest BCUT2D eigenvalue weighted by molar-refractivity contribution is 7.10. The molecule has 2 N–H and O–H groups in total. The Morgan fingerprint density at radius 1 is 1.22 bits per heavy atom. The molecule has 0 aliphatic heterocycles. The molecule has 96 valence electrons. The van der Waals surface area contributed by atoms with Gasteiger partial charge < -0.3 is 5.73 Å². The number of hydrogen-bond acceptors (Lipinski definition) is 5. The molecule has 0 saturated carbocycles. The van der Waals surface area contributed by atoms with E-state index in [2.05, 4.69) is 35.7 Å². The largest absolute Gasteiger partial charge is 0.384 e. The summed E-state index contributed by atoms with van der Waals surface area (Å²) < 4.78 is 0. The lowest BCUT2D eigenvalue weighted by atomic mass is 9.98. The Hall–Kier alpha value is -1.49. The monoisotopic (exact) mass is 262 g/mol. The van der Waals surface area contributed by atoms with Gasteiger partial charge in [-0.2, -0.15) is 0 Å². The zero-order valence-electron chi connectivity index (χ0n) is 11.2. The van der Waals surface area contributed by atoms with E-state index in [1.807, 2.05) is 12.3 Å². The van der Waals surface area contributed by atoms with Gasteiger partial charge in [-0.25, -0.2) is 15.0 Å². The van der Waals surface area contributed by atoms with Gasteiger partial charge in [0.1, 0.15) is 11.5 Å². The molecular formula is C13H18N4S. The van der Waals surface area contributed by atoms with E-state index in [9.17, 15) is 0 Å². The van der Waals surface area contributed by atoms with Crippen LogP contribution in [0.25, 0.3) is 11.5 Å². The number of anilines is 1. The smallest absolute Gasteiger partial charge is 0.181 e. The fraction of sp³-hybridized carbons (Fsp3) is 0.462. The summed E-state index contributed by atoms with van der Waals surface area (Å²) in [6, 6.07) is 1.81. The third kappa shape index (κ3) is 2.67. The summed E-state index contributed by atoms with van der Waals surface area (Å²) >= 11 is 1.64. The fourth-order valence-electron chi connectivity index (χ4n) is 1.54. The first-order valence-corrected chi connectivity index (χ1v) is 6.88. The molecule has 0 radical (unpaired) electrons. The van der Waals surface area contributed by atoms with Crippen LogP contribution >= 0.6 is 11.3 Å². The number of nitrogens with two attached hydrogens (primary N) is 1. The van der Waals surface area contributed by atoms with Crippen molar-refractivity contribution in [1.29, 1.82) is 0 Å². The molecule has 2 aromatic heterocycles. The maximum atomic E-state index is 5.79. The normalized spacial score (nSPS) is 11.8. The maximum Gasteiger partial charge on any atom is 0.181 e. The van der Waals surface area contributed by atoms with Crippen LogP contribution in [0.2, 0.25) is 0 Å². The Labute approximate surface area is 111 Å². The number of hydrogen-bond donors (Lipinski definition) is 1. The van der Waals surface area contributed by atoms with Crippen molar-refractivity contribution >= 4 is 17.2 Å². The van der Waals surface area contributed by atoms with Crippen molar-refractivity contribution in [2.24, 2.45) is 0 Å². The molecule has 2 heterocycles. The molecule has 0 bridgehead atoms. The summed E-state index contributed by atoms with van der Waals surface area (Å²) in [5.41, 5.74) is 7.60. The molecule has 0 saturated heterocycles. The van der Waals surface area contributed by atoms with E-state index in [1.165, 1.54) is 0 Å². The topological polar surface area (TPSA) is 64.7 Å². The Bertz CT molecular complexity index is 554. The van der Waals surface area contributed by atoms with Crippen LogP contribution in [0.4, 0.5) is 5.82 Å². The minimum atomic E-state index is 0.0524. The zero-order valence-corrected chi connectivity index (χ0v) is 12.0. The molecule has 0 spiro atoms. The summed E-state index contributed by atoms with van der Waals surface area (Å²) in [4.78, 5) is 13.3. The van der Waals surface area contributed by atoms with Gasteiger partial charge in [0.15, 0.2) is 5.82 Å². The predicted octanol–water partition coefficient (Wildman–Crippen LogP) is 3.04. The number of nitrogens with zero attached hydrogens (tertiary/aromatic N) is 3. The van der Waals surface area contributed by atoms with Gasteiger partial charge in [-0.15, -0.1) is 11.3 Å². The Morgan fingerprint density at radius 2 is 1.94 bits per heavy atom. The van der Waals surface area contributed by atoms with Crippen molar-refractivity contribution < 1.29 is 0 Å². The molecule has 18 heavy (non-hydrogen) atoms. The molecule has 5 heteroatoms.